The molecule has 0 atom stereocenters. The number of nitrogens with one attached hydrogen (secondary N) is 1. The van der Waals surface area contributed by atoms with E-state index in [1.54, 1.807) is 42.5 Å². The first-order chi connectivity index (χ1) is 16.0. The molecule has 7 heteroatoms. The minimum atomic E-state index is -0.709. The summed E-state index contributed by atoms with van der Waals surface area (Å²) >= 11 is 9.98. The van der Waals surface area contributed by atoms with Gasteiger partial charge in [0.15, 0.2) is 0 Å². The number of hydrogen-bond donors (Lipinski definition) is 1. The fourth-order valence-corrected chi connectivity index (χ4v) is 4.22. The van der Waals surface area contributed by atoms with Crippen LogP contribution in [0.3, 0.4) is 0 Å². The van der Waals surface area contributed by atoms with Crippen LogP contribution < -0.4 is 15.7 Å². The van der Waals surface area contributed by atoms with E-state index < -0.39 is 11.5 Å². The maximum atomic E-state index is 12.7. The van der Waals surface area contributed by atoms with E-state index in [1.807, 2.05) is 36.4 Å². The summed E-state index contributed by atoms with van der Waals surface area (Å²) < 4.78 is 12.3. The summed E-state index contributed by atoms with van der Waals surface area (Å²) in [6.45, 7) is 0. The van der Waals surface area contributed by atoms with E-state index in [4.69, 9.17) is 20.8 Å². The Labute approximate surface area is 201 Å². The quantitative estimate of drug-likeness (QED) is 0.251. The normalized spacial score (nSPS) is 11.0. The standard InChI is InChI=1S/C26H15BrClNO4/c27-20-10-12-23(18-7-3-2-6-17(18)20)32-24-11-9-16(14-21(24)28)29-25(30)19-13-15-5-1-4-8-22(15)33-26(19)31/h1-14H,(H,29,30). The summed E-state index contributed by atoms with van der Waals surface area (Å²) in [7, 11) is 0. The molecule has 0 unspecified atom stereocenters. The highest BCUT2D eigenvalue weighted by molar-refractivity contribution is 9.10. The van der Waals surface area contributed by atoms with Gasteiger partial charge >= 0.3 is 5.63 Å². The van der Waals surface area contributed by atoms with Crippen LogP contribution in [0.1, 0.15) is 10.4 Å². The van der Waals surface area contributed by atoms with Gasteiger partial charge in [-0.3, -0.25) is 4.79 Å². The summed E-state index contributed by atoms with van der Waals surface area (Å²) in [5.74, 6) is 0.506. The predicted molar refractivity (Wildman–Crippen MR) is 134 cm³/mol. The monoisotopic (exact) mass is 519 g/mol. The van der Waals surface area contributed by atoms with Gasteiger partial charge in [-0.25, -0.2) is 4.79 Å². The number of carbonyl (C=O) groups is 1. The Morgan fingerprint density at radius 2 is 1.61 bits per heavy atom. The predicted octanol–water partition coefficient (Wildman–Crippen LogP) is 7.41. The number of benzene rings is 4. The molecule has 0 saturated heterocycles. The van der Waals surface area contributed by atoms with Crippen LogP contribution in [0, 0.1) is 0 Å². The molecular formula is C26H15BrClNO4. The van der Waals surface area contributed by atoms with Crippen LogP contribution in [-0.4, -0.2) is 5.91 Å². The average Bonchev–Trinajstić information content (AvgIpc) is 2.82. The average molecular weight is 521 g/mol. The highest BCUT2D eigenvalue weighted by atomic mass is 79.9. The van der Waals surface area contributed by atoms with Crippen LogP contribution >= 0.6 is 27.5 Å². The summed E-state index contributed by atoms with van der Waals surface area (Å²) in [6, 6.07) is 25.0. The zero-order valence-electron chi connectivity index (χ0n) is 17.0. The van der Waals surface area contributed by atoms with Crippen molar-refractivity contribution in [2.45, 2.75) is 0 Å². The van der Waals surface area contributed by atoms with Crippen molar-refractivity contribution >= 4 is 60.9 Å². The number of fused-ring (bicyclic) bond motifs is 2. The Morgan fingerprint density at radius 3 is 2.42 bits per heavy atom. The Bertz CT molecular complexity index is 1600. The fraction of sp³-hybridized carbons (Fsp3) is 0. The summed E-state index contributed by atoms with van der Waals surface area (Å²) in [5, 5.41) is 5.61. The van der Waals surface area contributed by atoms with Gasteiger partial charge in [-0.05, 0) is 47.9 Å². The van der Waals surface area contributed by atoms with Crippen molar-refractivity contribution in [3.05, 3.63) is 110 Å². The van der Waals surface area contributed by atoms with Gasteiger partial charge in [0.25, 0.3) is 5.91 Å². The molecule has 4 aromatic carbocycles. The number of halogens is 2. The van der Waals surface area contributed by atoms with Gasteiger partial charge in [0, 0.05) is 20.9 Å². The van der Waals surface area contributed by atoms with E-state index in [9.17, 15) is 9.59 Å². The fourth-order valence-electron chi connectivity index (χ4n) is 3.52. The molecular weight excluding hydrogens is 506 g/mol. The molecule has 0 saturated carbocycles. The lowest BCUT2D eigenvalue weighted by atomic mass is 10.1. The second kappa shape index (κ2) is 8.73. The third kappa shape index (κ3) is 4.23. The van der Waals surface area contributed by atoms with Crippen LogP contribution in [0.4, 0.5) is 5.69 Å². The van der Waals surface area contributed by atoms with Crippen LogP contribution in [-0.2, 0) is 0 Å². The highest BCUT2D eigenvalue weighted by Crippen LogP contribution is 2.37. The summed E-state index contributed by atoms with van der Waals surface area (Å²) in [5.41, 5.74) is 0.0421. The minimum Gasteiger partial charge on any atom is -0.455 e. The number of rotatable bonds is 4. The van der Waals surface area contributed by atoms with Crippen molar-refractivity contribution in [2.24, 2.45) is 0 Å². The van der Waals surface area contributed by atoms with Crippen molar-refractivity contribution in [2.75, 3.05) is 5.32 Å². The first-order valence-corrected chi connectivity index (χ1v) is 11.2. The molecule has 1 amide bonds. The van der Waals surface area contributed by atoms with Crippen molar-refractivity contribution in [1.29, 1.82) is 0 Å². The number of ether oxygens (including phenoxy) is 1. The molecule has 5 nitrogen and oxygen atoms in total. The van der Waals surface area contributed by atoms with E-state index in [-0.39, 0.29) is 5.56 Å². The van der Waals surface area contributed by atoms with Crippen LogP contribution in [0.15, 0.2) is 98.6 Å². The number of carbonyl (C=O) groups excluding carboxylic acids is 1. The third-order valence-electron chi connectivity index (χ3n) is 5.13. The van der Waals surface area contributed by atoms with E-state index in [2.05, 4.69) is 21.2 Å². The zero-order valence-corrected chi connectivity index (χ0v) is 19.3. The number of amides is 1. The Kier molecular flexibility index (Phi) is 5.62. The molecule has 5 aromatic rings. The maximum absolute atomic E-state index is 12.7. The van der Waals surface area contributed by atoms with Crippen molar-refractivity contribution in [1.82, 2.24) is 0 Å². The first kappa shape index (κ1) is 21.2. The molecule has 1 N–H and O–H groups in total. The molecule has 1 aromatic heterocycles. The molecule has 0 aliphatic heterocycles. The Hall–Kier alpha value is -3.61. The molecule has 5 rings (SSSR count). The summed E-state index contributed by atoms with van der Waals surface area (Å²) in [6.07, 6.45) is 0. The van der Waals surface area contributed by atoms with Gasteiger partial charge in [0.2, 0.25) is 0 Å². The van der Waals surface area contributed by atoms with Crippen molar-refractivity contribution < 1.29 is 13.9 Å². The van der Waals surface area contributed by atoms with Gasteiger partial charge in [-0.1, -0.05) is 70.0 Å². The zero-order chi connectivity index (χ0) is 22.9. The van der Waals surface area contributed by atoms with Gasteiger partial charge in [-0.15, -0.1) is 0 Å². The van der Waals surface area contributed by atoms with Crippen LogP contribution in [0.25, 0.3) is 21.7 Å². The largest absolute Gasteiger partial charge is 0.455 e. The molecule has 0 radical (unpaired) electrons. The first-order valence-electron chi connectivity index (χ1n) is 9.98. The number of hydrogen-bond acceptors (Lipinski definition) is 4. The second-order valence-corrected chi connectivity index (χ2v) is 8.54. The lowest BCUT2D eigenvalue weighted by Crippen LogP contribution is -2.20. The van der Waals surface area contributed by atoms with Crippen LogP contribution in [0.2, 0.25) is 5.02 Å². The smallest absolute Gasteiger partial charge is 0.349 e. The maximum Gasteiger partial charge on any atom is 0.349 e. The Morgan fingerprint density at radius 1 is 0.879 bits per heavy atom. The lowest BCUT2D eigenvalue weighted by Gasteiger charge is -2.12. The minimum absolute atomic E-state index is 0.0912. The molecule has 0 aliphatic carbocycles. The number of anilines is 1. The molecule has 0 spiro atoms. The molecule has 0 bridgehead atoms. The van der Waals surface area contributed by atoms with Gasteiger partial charge < -0.3 is 14.5 Å². The lowest BCUT2D eigenvalue weighted by molar-refractivity contribution is 0.102. The molecule has 0 aliphatic rings. The van der Waals surface area contributed by atoms with E-state index in [0.717, 1.165) is 15.2 Å². The molecule has 0 fully saturated rings. The number of para-hydroxylation sites is 1. The Balaban J connectivity index is 1.40. The molecule has 162 valence electrons. The molecule has 33 heavy (non-hydrogen) atoms. The molecule has 1 heterocycles. The van der Waals surface area contributed by atoms with Crippen molar-refractivity contribution in [3.63, 3.8) is 0 Å². The van der Waals surface area contributed by atoms with Gasteiger partial charge in [-0.2, -0.15) is 0 Å². The SMILES string of the molecule is O=C(Nc1ccc(Oc2ccc(Br)c3ccccc23)c(Cl)c1)c1cc2ccccc2oc1=O. The second-order valence-electron chi connectivity index (χ2n) is 7.28. The van der Waals surface area contributed by atoms with Crippen LogP contribution in [0.5, 0.6) is 11.5 Å². The van der Waals surface area contributed by atoms with Gasteiger partial charge in [0.05, 0.1) is 5.02 Å². The van der Waals surface area contributed by atoms with E-state index in [1.165, 1.54) is 6.07 Å². The summed E-state index contributed by atoms with van der Waals surface area (Å²) in [4.78, 5) is 24.9. The third-order valence-corrected chi connectivity index (χ3v) is 6.11. The van der Waals surface area contributed by atoms with Crippen molar-refractivity contribution in [3.8, 4) is 11.5 Å². The topological polar surface area (TPSA) is 68.5 Å². The van der Waals surface area contributed by atoms with E-state index >= 15 is 0 Å². The van der Waals surface area contributed by atoms with Gasteiger partial charge in [0.1, 0.15) is 22.6 Å². The van der Waals surface area contributed by atoms with E-state index in [0.29, 0.717) is 33.2 Å². The highest BCUT2D eigenvalue weighted by Gasteiger charge is 2.15.